The second kappa shape index (κ2) is 7.66. The minimum Gasteiger partial charge on any atom is -0.477 e. The molecule has 0 unspecified atom stereocenters. The summed E-state index contributed by atoms with van der Waals surface area (Å²) in [5, 5.41) is 12.0. The first-order valence-electron chi connectivity index (χ1n) is 7.69. The van der Waals surface area contributed by atoms with Crippen molar-refractivity contribution in [2.24, 2.45) is 0 Å². The third-order valence-electron chi connectivity index (χ3n) is 3.57. The van der Waals surface area contributed by atoms with E-state index in [9.17, 15) is 14.3 Å². The fourth-order valence-electron chi connectivity index (χ4n) is 2.21. The summed E-state index contributed by atoms with van der Waals surface area (Å²) in [4.78, 5) is 11.2. The molecule has 0 atom stereocenters. The van der Waals surface area contributed by atoms with E-state index < -0.39 is 11.8 Å². The lowest BCUT2D eigenvalue weighted by molar-refractivity contribution is -0.133. The Kier molecular flexibility index (Phi) is 5.60. The number of carbonyl (C=O) groups is 1. The molecule has 0 aliphatic carbocycles. The maximum absolute atomic E-state index is 13.7. The molecule has 0 spiro atoms. The number of ether oxygens (including phenoxy) is 1. The molecule has 4 nitrogen and oxygen atoms in total. The first-order chi connectivity index (χ1) is 11.8. The third kappa shape index (κ3) is 4.47. The van der Waals surface area contributed by atoms with E-state index in [1.807, 2.05) is 6.92 Å². The van der Waals surface area contributed by atoms with E-state index in [4.69, 9.17) is 4.74 Å². The zero-order valence-corrected chi connectivity index (χ0v) is 14.4. The first-order valence-corrected chi connectivity index (χ1v) is 7.69. The van der Waals surface area contributed by atoms with Gasteiger partial charge in [0, 0.05) is 5.70 Å². The minimum absolute atomic E-state index is 0.0920. The normalized spacial score (nSPS) is 10.1. The van der Waals surface area contributed by atoms with E-state index >= 15 is 0 Å². The minimum atomic E-state index is -1.04. The summed E-state index contributed by atoms with van der Waals surface area (Å²) in [5.74, 6) is -0.820. The number of halogens is 1. The van der Waals surface area contributed by atoms with Gasteiger partial charge in [-0.25, -0.2) is 9.18 Å². The van der Waals surface area contributed by atoms with E-state index in [1.54, 1.807) is 50.2 Å². The number of rotatable bonds is 6. The molecule has 0 heterocycles. The number of carboxylic acid groups (broad SMARTS) is 1. The van der Waals surface area contributed by atoms with E-state index in [2.05, 4.69) is 11.9 Å². The number of para-hydroxylation sites is 1. The number of hydrogen-bond donors (Lipinski definition) is 2. The number of hydrogen-bond acceptors (Lipinski definition) is 3. The maximum Gasteiger partial charge on any atom is 0.352 e. The van der Waals surface area contributed by atoms with Crippen LogP contribution >= 0.6 is 0 Å². The van der Waals surface area contributed by atoms with Crippen molar-refractivity contribution in [3.05, 3.63) is 77.3 Å². The Morgan fingerprint density at radius 1 is 1.16 bits per heavy atom. The van der Waals surface area contributed by atoms with E-state index in [0.717, 1.165) is 11.1 Å². The van der Waals surface area contributed by atoms with Crippen LogP contribution in [0.4, 0.5) is 4.39 Å². The molecule has 0 aromatic heterocycles. The van der Waals surface area contributed by atoms with Gasteiger partial charge in [0.15, 0.2) is 11.6 Å². The lowest BCUT2D eigenvalue weighted by atomic mass is 10.1. The van der Waals surface area contributed by atoms with Crippen molar-refractivity contribution in [2.45, 2.75) is 20.8 Å². The SMILES string of the molecule is C=C(NC(C(=O)O)=C(C)C)c1ccc(Oc2ccccc2F)c(C)c1. The van der Waals surface area contributed by atoms with Crippen molar-refractivity contribution < 1.29 is 19.0 Å². The molecule has 0 aliphatic rings. The molecule has 2 N–H and O–H groups in total. The highest BCUT2D eigenvalue weighted by molar-refractivity contribution is 5.89. The molecule has 130 valence electrons. The summed E-state index contributed by atoms with van der Waals surface area (Å²) in [6, 6.07) is 11.4. The molecule has 25 heavy (non-hydrogen) atoms. The van der Waals surface area contributed by atoms with Crippen LogP contribution in [0.2, 0.25) is 0 Å². The molecule has 2 aromatic rings. The molecule has 5 heteroatoms. The van der Waals surface area contributed by atoms with Gasteiger partial charge in [0.2, 0.25) is 0 Å². The summed E-state index contributed by atoms with van der Waals surface area (Å²) in [6.45, 7) is 9.13. The highest BCUT2D eigenvalue weighted by Crippen LogP contribution is 2.28. The standard InChI is InChI=1S/C20H20FNO3/c1-12(2)19(20(23)24)22-14(4)15-9-10-17(13(3)11-15)25-18-8-6-5-7-16(18)21/h5-11,22H,4H2,1-3H3,(H,23,24). The van der Waals surface area contributed by atoms with Crippen LogP contribution in [0, 0.1) is 12.7 Å². The summed E-state index contributed by atoms with van der Waals surface area (Å²) in [7, 11) is 0. The van der Waals surface area contributed by atoms with Crippen molar-refractivity contribution >= 4 is 11.7 Å². The Labute approximate surface area is 146 Å². The molecule has 0 saturated heterocycles. The van der Waals surface area contributed by atoms with Crippen LogP contribution in [0.15, 0.2) is 60.3 Å². The second-order valence-electron chi connectivity index (χ2n) is 5.80. The molecular weight excluding hydrogens is 321 g/mol. The number of benzene rings is 2. The smallest absolute Gasteiger partial charge is 0.352 e. The Morgan fingerprint density at radius 2 is 1.84 bits per heavy atom. The molecule has 2 rings (SSSR count). The summed E-state index contributed by atoms with van der Waals surface area (Å²) < 4.78 is 19.3. The van der Waals surface area contributed by atoms with Crippen molar-refractivity contribution in [3.63, 3.8) is 0 Å². The van der Waals surface area contributed by atoms with E-state index in [-0.39, 0.29) is 11.4 Å². The monoisotopic (exact) mass is 341 g/mol. The molecule has 2 aromatic carbocycles. The van der Waals surface area contributed by atoms with Crippen LogP contribution in [-0.2, 0) is 4.79 Å². The lowest BCUT2D eigenvalue weighted by Crippen LogP contribution is -2.19. The molecule has 0 fully saturated rings. The van der Waals surface area contributed by atoms with Gasteiger partial charge in [0.05, 0.1) is 0 Å². The van der Waals surface area contributed by atoms with Crippen molar-refractivity contribution in [3.8, 4) is 11.5 Å². The van der Waals surface area contributed by atoms with Crippen LogP contribution in [0.3, 0.4) is 0 Å². The number of carboxylic acids is 1. The maximum atomic E-state index is 13.7. The Bertz CT molecular complexity index is 852. The predicted octanol–water partition coefficient (Wildman–Crippen LogP) is 4.87. The Balaban J connectivity index is 2.22. The van der Waals surface area contributed by atoms with Crippen molar-refractivity contribution in [1.29, 1.82) is 0 Å². The largest absolute Gasteiger partial charge is 0.477 e. The number of aryl methyl sites for hydroxylation is 1. The molecule has 0 bridgehead atoms. The van der Waals surface area contributed by atoms with Crippen LogP contribution in [-0.4, -0.2) is 11.1 Å². The Hall–Kier alpha value is -3.08. The predicted molar refractivity (Wildman–Crippen MR) is 95.8 cm³/mol. The zero-order chi connectivity index (χ0) is 18.6. The fraction of sp³-hybridized carbons (Fsp3) is 0.150. The number of nitrogens with one attached hydrogen (secondary N) is 1. The summed E-state index contributed by atoms with van der Waals surface area (Å²) in [6.07, 6.45) is 0. The lowest BCUT2D eigenvalue weighted by Gasteiger charge is -2.14. The van der Waals surface area contributed by atoms with Gasteiger partial charge in [-0.2, -0.15) is 0 Å². The van der Waals surface area contributed by atoms with Crippen molar-refractivity contribution in [2.75, 3.05) is 0 Å². The van der Waals surface area contributed by atoms with Crippen LogP contribution in [0.1, 0.15) is 25.0 Å². The molecule has 0 radical (unpaired) electrons. The summed E-state index contributed by atoms with van der Waals surface area (Å²) >= 11 is 0. The van der Waals surface area contributed by atoms with E-state index in [1.165, 1.54) is 6.07 Å². The molecule has 0 aliphatic heterocycles. The molecule has 0 amide bonds. The topological polar surface area (TPSA) is 58.6 Å². The van der Waals surface area contributed by atoms with Crippen LogP contribution in [0.25, 0.3) is 5.70 Å². The molecular formula is C20H20FNO3. The number of aliphatic carboxylic acids is 1. The molecule has 0 saturated carbocycles. The van der Waals surface area contributed by atoms with Crippen molar-refractivity contribution in [1.82, 2.24) is 5.32 Å². The van der Waals surface area contributed by atoms with E-state index in [0.29, 0.717) is 17.0 Å². The van der Waals surface area contributed by atoms with Gasteiger partial charge < -0.3 is 15.2 Å². The van der Waals surface area contributed by atoms with Gasteiger partial charge in [-0.15, -0.1) is 0 Å². The first kappa shape index (κ1) is 18.3. The highest BCUT2D eigenvalue weighted by atomic mass is 19.1. The highest BCUT2D eigenvalue weighted by Gasteiger charge is 2.12. The van der Waals surface area contributed by atoms with Gasteiger partial charge in [-0.1, -0.05) is 18.7 Å². The summed E-state index contributed by atoms with van der Waals surface area (Å²) in [5.41, 5.74) is 2.69. The van der Waals surface area contributed by atoms with Gasteiger partial charge in [-0.05, 0) is 67.8 Å². The van der Waals surface area contributed by atoms with Gasteiger partial charge in [-0.3, -0.25) is 0 Å². The zero-order valence-electron chi connectivity index (χ0n) is 14.4. The van der Waals surface area contributed by atoms with Gasteiger partial charge in [0.1, 0.15) is 11.4 Å². The average molecular weight is 341 g/mol. The number of allylic oxidation sites excluding steroid dienone is 1. The van der Waals surface area contributed by atoms with Gasteiger partial charge in [0.25, 0.3) is 0 Å². The van der Waals surface area contributed by atoms with Gasteiger partial charge >= 0.3 is 5.97 Å². The third-order valence-corrected chi connectivity index (χ3v) is 3.57. The second-order valence-corrected chi connectivity index (χ2v) is 5.80. The Morgan fingerprint density at radius 3 is 2.40 bits per heavy atom. The van der Waals surface area contributed by atoms with Crippen LogP contribution in [0.5, 0.6) is 11.5 Å². The fourth-order valence-corrected chi connectivity index (χ4v) is 2.21. The van der Waals surface area contributed by atoms with Crippen LogP contribution < -0.4 is 10.1 Å². The quantitative estimate of drug-likeness (QED) is 0.736. The average Bonchev–Trinajstić information content (AvgIpc) is 2.55.